The second-order valence-corrected chi connectivity index (χ2v) is 5.02. The van der Waals surface area contributed by atoms with E-state index in [-0.39, 0.29) is 44.3 Å². The van der Waals surface area contributed by atoms with Gasteiger partial charge in [-0.15, -0.1) is 0 Å². The summed E-state index contributed by atoms with van der Waals surface area (Å²) < 4.78 is 4.44. The van der Waals surface area contributed by atoms with Crippen molar-refractivity contribution in [3.63, 3.8) is 0 Å². The first-order chi connectivity index (χ1) is 12.4. The quantitative estimate of drug-likeness (QED) is 0.440. The Morgan fingerprint density at radius 2 is 2.08 bits per heavy atom. The molecule has 0 atom stereocenters. The lowest BCUT2D eigenvalue weighted by Crippen LogP contribution is -2.41. The van der Waals surface area contributed by atoms with Gasteiger partial charge in [0.2, 0.25) is 5.91 Å². The van der Waals surface area contributed by atoms with Crippen LogP contribution >= 0.6 is 0 Å². The average Bonchev–Trinajstić information content (AvgIpc) is 3.21. The van der Waals surface area contributed by atoms with Gasteiger partial charge in [0.25, 0.3) is 12.4 Å². The van der Waals surface area contributed by atoms with E-state index in [1.807, 2.05) is 0 Å². The van der Waals surface area contributed by atoms with Gasteiger partial charge in [0, 0.05) is 6.54 Å². The highest BCUT2D eigenvalue weighted by atomic mass is 16.6. The first-order valence-corrected chi connectivity index (χ1v) is 7.47. The summed E-state index contributed by atoms with van der Waals surface area (Å²) in [6.07, 6.45) is 1.62. The first kappa shape index (κ1) is 20.8. The number of aliphatic hydroxyl groups excluding tert-OH is 1. The zero-order valence-electron chi connectivity index (χ0n) is 14.3. The summed E-state index contributed by atoms with van der Waals surface area (Å²) in [4.78, 5) is 40.9. The third-order valence-electron chi connectivity index (χ3n) is 3.11. The van der Waals surface area contributed by atoms with Crippen LogP contribution in [-0.4, -0.2) is 73.4 Å². The average molecular weight is 368 g/mol. The molecule has 0 saturated heterocycles. The summed E-state index contributed by atoms with van der Waals surface area (Å²) in [7, 11) is 0. The number of carbonyl (C=O) groups excluding carboxylic acids is 2. The predicted octanol–water partition coefficient (Wildman–Crippen LogP) is -1.14. The van der Waals surface area contributed by atoms with E-state index in [0.717, 1.165) is 11.5 Å². The number of nitrogens with zero attached hydrogens (tertiary/aromatic N) is 4. The molecule has 0 bridgehead atoms. The van der Waals surface area contributed by atoms with E-state index in [9.17, 15) is 9.59 Å². The lowest BCUT2D eigenvalue weighted by molar-refractivity contribution is -0.131. The molecule has 0 unspecified atom stereocenters. The maximum Gasteiger partial charge on any atom is 0.290 e. The highest BCUT2D eigenvalue weighted by Crippen LogP contribution is 2.03. The second kappa shape index (κ2) is 10.6. The molecule has 0 aromatic carbocycles. The van der Waals surface area contributed by atoms with Crippen molar-refractivity contribution in [3.8, 4) is 0 Å². The van der Waals surface area contributed by atoms with E-state index in [4.69, 9.17) is 15.0 Å². The van der Waals surface area contributed by atoms with E-state index in [0.29, 0.717) is 5.69 Å². The van der Waals surface area contributed by atoms with Crippen molar-refractivity contribution in [3.05, 3.63) is 29.1 Å². The summed E-state index contributed by atoms with van der Waals surface area (Å²) in [6, 6.07) is 0. The Labute approximate surface area is 148 Å². The van der Waals surface area contributed by atoms with E-state index in [1.165, 1.54) is 4.90 Å². The largest absolute Gasteiger partial charge is 0.483 e. The number of hydrogen-bond donors (Lipinski definition) is 4. The molecule has 12 heteroatoms. The monoisotopic (exact) mass is 368 g/mol. The van der Waals surface area contributed by atoms with Gasteiger partial charge < -0.3 is 25.4 Å². The number of amides is 2. The third kappa shape index (κ3) is 6.32. The Morgan fingerprint density at radius 3 is 2.58 bits per heavy atom. The predicted molar refractivity (Wildman–Crippen MR) is 85.9 cm³/mol. The molecule has 26 heavy (non-hydrogen) atoms. The van der Waals surface area contributed by atoms with E-state index in [1.54, 1.807) is 20.0 Å². The number of aryl methyl sites for hydroxylation is 2. The number of H-pyrrole nitrogens is 1. The van der Waals surface area contributed by atoms with Gasteiger partial charge in [-0.2, -0.15) is 0 Å². The normalized spacial score (nSPS) is 9.81. The SMILES string of the molecule is Cc1ncc(CN(CCO)C(=O)CNC(=O)c2nonc2C)[nH]1.O=CO. The van der Waals surface area contributed by atoms with Gasteiger partial charge in [-0.05, 0) is 19.0 Å². The zero-order chi connectivity index (χ0) is 19.5. The van der Waals surface area contributed by atoms with Gasteiger partial charge >= 0.3 is 0 Å². The molecule has 142 valence electrons. The smallest absolute Gasteiger partial charge is 0.290 e. The lowest BCUT2D eigenvalue weighted by Gasteiger charge is -2.21. The summed E-state index contributed by atoms with van der Waals surface area (Å²) in [6.45, 7) is 3.14. The number of carbonyl (C=O) groups is 3. The van der Waals surface area contributed by atoms with Gasteiger partial charge in [0.15, 0.2) is 5.69 Å². The van der Waals surface area contributed by atoms with Crippen molar-refractivity contribution >= 4 is 18.3 Å². The fourth-order valence-electron chi connectivity index (χ4n) is 1.96. The van der Waals surface area contributed by atoms with Gasteiger partial charge in [0.05, 0.1) is 31.6 Å². The van der Waals surface area contributed by atoms with Gasteiger partial charge in [-0.3, -0.25) is 14.4 Å². The van der Waals surface area contributed by atoms with Crippen LogP contribution in [0.2, 0.25) is 0 Å². The molecule has 0 aliphatic carbocycles. The maximum atomic E-state index is 12.2. The summed E-state index contributed by atoms with van der Waals surface area (Å²) in [5.41, 5.74) is 1.12. The number of carboxylic acid groups (broad SMARTS) is 1. The van der Waals surface area contributed by atoms with E-state index >= 15 is 0 Å². The minimum Gasteiger partial charge on any atom is -0.483 e. The van der Waals surface area contributed by atoms with Crippen LogP contribution in [0.3, 0.4) is 0 Å². The van der Waals surface area contributed by atoms with E-state index < -0.39 is 5.91 Å². The highest BCUT2D eigenvalue weighted by molar-refractivity contribution is 5.95. The molecule has 0 spiro atoms. The molecule has 2 aromatic heterocycles. The first-order valence-electron chi connectivity index (χ1n) is 7.47. The van der Waals surface area contributed by atoms with Crippen LogP contribution in [-0.2, 0) is 16.1 Å². The van der Waals surface area contributed by atoms with Crippen LogP contribution in [0.15, 0.2) is 10.8 Å². The molecule has 2 amide bonds. The molecule has 0 saturated carbocycles. The number of imidazole rings is 1. The summed E-state index contributed by atoms with van der Waals surface area (Å²) >= 11 is 0. The number of hydrogen-bond acceptors (Lipinski definition) is 8. The number of rotatable bonds is 7. The Balaban J connectivity index is 0.00000105. The minimum absolute atomic E-state index is 0.0377. The van der Waals surface area contributed by atoms with Crippen molar-refractivity contribution in [2.24, 2.45) is 0 Å². The summed E-state index contributed by atoms with van der Waals surface area (Å²) in [5.74, 6) is -0.147. The molecular formula is C14H20N6O6. The number of aliphatic hydroxyl groups is 1. The van der Waals surface area contributed by atoms with E-state index in [2.05, 4.69) is 30.2 Å². The van der Waals surface area contributed by atoms with Crippen molar-refractivity contribution in [1.29, 1.82) is 0 Å². The molecule has 2 rings (SSSR count). The molecule has 0 fully saturated rings. The Bertz CT molecular complexity index is 727. The molecular weight excluding hydrogens is 348 g/mol. The van der Waals surface area contributed by atoms with Crippen molar-refractivity contribution in [2.45, 2.75) is 20.4 Å². The van der Waals surface area contributed by atoms with Crippen molar-refractivity contribution < 1.29 is 29.2 Å². The standard InChI is InChI=1S/C13H18N6O4.CH2O2/c1-8-12(18-23-17-8)13(22)15-6-11(21)19(3-4-20)7-10-5-14-9(2)16-10;2-1-3/h5,20H,3-4,6-7H2,1-2H3,(H,14,16)(H,15,22);1H,(H,2,3). The lowest BCUT2D eigenvalue weighted by atomic mass is 10.3. The summed E-state index contributed by atoms with van der Waals surface area (Å²) in [5, 5.41) is 25.4. The zero-order valence-corrected chi connectivity index (χ0v) is 14.3. The van der Waals surface area contributed by atoms with Crippen LogP contribution in [0.4, 0.5) is 0 Å². The molecule has 2 heterocycles. The Morgan fingerprint density at radius 1 is 1.38 bits per heavy atom. The van der Waals surface area contributed by atoms with Gasteiger partial charge in [-0.1, -0.05) is 5.16 Å². The van der Waals surface area contributed by atoms with Crippen LogP contribution < -0.4 is 5.32 Å². The molecule has 0 aliphatic rings. The fraction of sp³-hybridized carbons (Fsp3) is 0.429. The maximum absolute atomic E-state index is 12.2. The molecule has 0 radical (unpaired) electrons. The van der Waals surface area contributed by atoms with Gasteiger partial charge in [-0.25, -0.2) is 9.61 Å². The highest BCUT2D eigenvalue weighted by Gasteiger charge is 2.19. The minimum atomic E-state index is -0.543. The third-order valence-corrected chi connectivity index (χ3v) is 3.11. The van der Waals surface area contributed by atoms with Crippen molar-refractivity contribution in [1.82, 2.24) is 30.5 Å². The molecule has 0 aliphatic heterocycles. The van der Waals surface area contributed by atoms with Crippen LogP contribution in [0.1, 0.15) is 27.7 Å². The van der Waals surface area contributed by atoms with Gasteiger partial charge in [0.1, 0.15) is 11.5 Å². The number of aromatic amines is 1. The van der Waals surface area contributed by atoms with Crippen LogP contribution in [0, 0.1) is 13.8 Å². The molecule has 12 nitrogen and oxygen atoms in total. The van der Waals surface area contributed by atoms with Crippen LogP contribution in [0.5, 0.6) is 0 Å². The topological polar surface area (TPSA) is 175 Å². The fourth-order valence-corrected chi connectivity index (χ4v) is 1.96. The second-order valence-electron chi connectivity index (χ2n) is 5.02. The van der Waals surface area contributed by atoms with Crippen molar-refractivity contribution in [2.75, 3.05) is 19.7 Å². The Kier molecular flexibility index (Phi) is 8.43. The number of nitrogens with one attached hydrogen (secondary N) is 2. The Hall–Kier alpha value is -3.28. The molecule has 4 N–H and O–H groups in total. The molecule has 2 aromatic rings. The number of aromatic nitrogens is 4. The van der Waals surface area contributed by atoms with Crippen LogP contribution in [0.25, 0.3) is 0 Å².